The monoisotopic (exact) mass is 609 g/mol. The number of carbonyl (C=O) groups is 2. The van der Waals surface area contributed by atoms with E-state index in [1.165, 1.54) is 43.8 Å². The Morgan fingerprint density at radius 2 is 1.81 bits per heavy atom. The second kappa shape index (κ2) is 12.7. The number of aryl methyl sites for hydroxylation is 1. The highest BCUT2D eigenvalue weighted by molar-refractivity contribution is 7.90. The van der Waals surface area contributed by atoms with Gasteiger partial charge >= 0.3 is 6.09 Å². The van der Waals surface area contributed by atoms with Crippen molar-refractivity contribution < 1.29 is 32.2 Å². The number of ether oxygens (including phenoxy) is 3. The largest absolute Gasteiger partial charge is 0.493 e. The Morgan fingerprint density at radius 3 is 2.44 bits per heavy atom. The van der Waals surface area contributed by atoms with Gasteiger partial charge in [-0.15, -0.1) is 0 Å². The number of benzene rings is 2. The third kappa shape index (κ3) is 6.88. The summed E-state index contributed by atoms with van der Waals surface area (Å²) in [5.41, 5.74) is 0.911. The molecule has 2 heterocycles. The highest BCUT2D eigenvalue weighted by Gasteiger charge is 2.25. The van der Waals surface area contributed by atoms with Crippen molar-refractivity contribution in [1.29, 1.82) is 0 Å². The Balaban J connectivity index is 1.77. The molecule has 0 aliphatic rings. The van der Waals surface area contributed by atoms with E-state index in [2.05, 4.69) is 15.3 Å². The zero-order valence-electron chi connectivity index (χ0n) is 24.9. The smallest absolute Gasteiger partial charge is 0.410 e. The van der Waals surface area contributed by atoms with Gasteiger partial charge in [0, 0.05) is 31.5 Å². The van der Waals surface area contributed by atoms with Gasteiger partial charge in [-0.2, -0.15) is 0 Å². The number of fused-ring (bicyclic) bond motifs is 1. The lowest BCUT2D eigenvalue weighted by atomic mass is 10.1. The fraction of sp³-hybridized carbons (Fsp3) is 0.333. The fourth-order valence-electron chi connectivity index (χ4n) is 4.51. The van der Waals surface area contributed by atoms with E-state index in [1.807, 2.05) is 0 Å². The number of nitrogens with one attached hydrogen (secondary N) is 1. The van der Waals surface area contributed by atoms with Gasteiger partial charge in [-0.3, -0.25) is 4.79 Å². The van der Waals surface area contributed by atoms with Crippen molar-refractivity contribution in [2.75, 3.05) is 33.1 Å². The van der Waals surface area contributed by atoms with Crippen LogP contribution in [0.2, 0.25) is 0 Å². The SMILES string of the molecule is COc1cc(Nc2ncnc3c2c(CCCN(C)C(=O)OC(C)(C)C)cn3S(=O)(=O)c2ccccc2)cc(C=O)c1OC. The number of aldehydes is 1. The van der Waals surface area contributed by atoms with Crippen molar-refractivity contribution in [3.63, 3.8) is 0 Å². The van der Waals surface area contributed by atoms with Crippen molar-refractivity contribution in [2.45, 2.75) is 44.1 Å². The maximum atomic E-state index is 13.7. The first-order valence-corrected chi connectivity index (χ1v) is 14.9. The molecule has 2 aromatic carbocycles. The van der Waals surface area contributed by atoms with Crippen LogP contribution in [0.5, 0.6) is 11.5 Å². The normalized spacial score (nSPS) is 11.7. The molecule has 0 saturated heterocycles. The molecule has 0 bridgehead atoms. The summed E-state index contributed by atoms with van der Waals surface area (Å²) in [5.74, 6) is 0.937. The number of aromatic nitrogens is 3. The van der Waals surface area contributed by atoms with E-state index in [-0.39, 0.29) is 21.9 Å². The molecule has 0 radical (unpaired) electrons. The van der Waals surface area contributed by atoms with Gasteiger partial charge in [-0.1, -0.05) is 18.2 Å². The summed E-state index contributed by atoms with van der Waals surface area (Å²) in [6.45, 7) is 5.76. The summed E-state index contributed by atoms with van der Waals surface area (Å²) < 4.78 is 44.7. The predicted molar refractivity (Wildman–Crippen MR) is 162 cm³/mol. The van der Waals surface area contributed by atoms with Crippen LogP contribution in [0.25, 0.3) is 11.0 Å². The molecule has 4 aromatic rings. The summed E-state index contributed by atoms with van der Waals surface area (Å²) in [5, 5.41) is 3.67. The van der Waals surface area contributed by atoms with Gasteiger partial charge in [0.15, 0.2) is 23.4 Å². The van der Waals surface area contributed by atoms with Crippen molar-refractivity contribution >= 4 is 44.9 Å². The summed E-state index contributed by atoms with van der Waals surface area (Å²) >= 11 is 0. The summed E-state index contributed by atoms with van der Waals surface area (Å²) in [6, 6.07) is 11.3. The maximum absolute atomic E-state index is 13.7. The minimum Gasteiger partial charge on any atom is -0.493 e. The molecule has 4 rings (SSSR count). The minimum absolute atomic E-state index is 0.103. The first-order valence-electron chi connectivity index (χ1n) is 13.5. The lowest BCUT2D eigenvalue weighted by molar-refractivity contribution is 0.0297. The van der Waals surface area contributed by atoms with E-state index in [0.29, 0.717) is 53.9 Å². The molecule has 13 heteroatoms. The maximum Gasteiger partial charge on any atom is 0.410 e. The molecule has 228 valence electrons. The zero-order valence-corrected chi connectivity index (χ0v) is 25.8. The van der Waals surface area contributed by atoms with Crippen LogP contribution in [0.4, 0.5) is 16.3 Å². The van der Waals surface area contributed by atoms with Gasteiger partial charge in [0.1, 0.15) is 17.7 Å². The van der Waals surface area contributed by atoms with Gasteiger partial charge in [0.25, 0.3) is 10.0 Å². The standard InChI is InChI=1S/C30H35N5O7S/c1-30(2,3)42-29(37)34(4)14-10-11-20-17-35(43(38,39)23-12-8-7-9-13-23)28-25(20)27(31-19-32-28)33-22-15-21(18-36)26(41-6)24(16-22)40-5/h7-9,12-13,15-19H,10-11,14H2,1-6H3,(H,31,32,33). The average molecular weight is 610 g/mol. The zero-order chi connectivity index (χ0) is 31.4. The molecule has 1 N–H and O–H groups in total. The van der Waals surface area contributed by atoms with Gasteiger partial charge in [-0.25, -0.2) is 27.2 Å². The number of anilines is 2. The van der Waals surface area contributed by atoms with Crippen molar-refractivity contribution in [1.82, 2.24) is 18.8 Å². The van der Waals surface area contributed by atoms with E-state index in [9.17, 15) is 18.0 Å². The van der Waals surface area contributed by atoms with Crippen LogP contribution >= 0.6 is 0 Å². The molecule has 0 atom stereocenters. The van der Waals surface area contributed by atoms with Gasteiger partial charge in [0.05, 0.1) is 30.1 Å². The molecule has 0 spiro atoms. The van der Waals surface area contributed by atoms with E-state index < -0.39 is 21.7 Å². The topological polar surface area (TPSA) is 142 Å². The Morgan fingerprint density at radius 1 is 1.09 bits per heavy atom. The second-order valence-electron chi connectivity index (χ2n) is 10.7. The van der Waals surface area contributed by atoms with Crippen molar-refractivity contribution in [3.05, 3.63) is 66.1 Å². The van der Waals surface area contributed by atoms with Gasteiger partial charge in [-0.05, 0) is 57.4 Å². The van der Waals surface area contributed by atoms with E-state index in [1.54, 1.807) is 58.2 Å². The first-order chi connectivity index (χ1) is 20.4. The highest BCUT2D eigenvalue weighted by Crippen LogP contribution is 2.36. The van der Waals surface area contributed by atoms with Crippen LogP contribution in [0.3, 0.4) is 0 Å². The summed E-state index contributed by atoms with van der Waals surface area (Å²) in [4.78, 5) is 34.6. The molecule has 12 nitrogen and oxygen atoms in total. The summed E-state index contributed by atoms with van der Waals surface area (Å²) in [6.07, 6.45) is 3.90. The minimum atomic E-state index is -4.01. The number of hydrogen-bond donors (Lipinski definition) is 1. The molecule has 0 aliphatic carbocycles. The lowest BCUT2D eigenvalue weighted by Crippen LogP contribution is -2.34. The Hall–Kier alpha value is -4.65. The number of rotatable bonds is 11. The molecule has 2 aromatic heterocycles. The molecule has 0 saturated carbocycles. The number of nitrogens with zero attached hydrogens (tertiary/aromatic N) is 4. The third-order valence-corrected chi connectivity index (χ3v) is 8.14. The van der Waals surface area contributed by atoms with Crippen LogP contribution in [0.1, 0.15) is 43.1 Å². The Labute approximate surface area is 250 Å². The van der Waals surface area contributed by atoms with Crippen LogP contribution in [0, 0.1) is 0 Å². The molecule has 43 heavy (non-hydrogen) atoms. The first kappa shape index (κ1) is 31.3. The number of hydrogen-bond acceptors (Lipinski definition) is 10. The molecule has 0 aliphatic heterocycles. The lowest BCUT2D eigenvalue weighted by Gasteiger charge is -2.24. The van der Waals surface area contributed by atoms with Crippen LogP contribution in [-0.2, 0) is 21.2 Å². The van der Waals surface area contributed by atoms with Crippen LogP contribution in [-0.4, -0.2) is 73.1 Å². The molecular formula is C30H35N5O7S. The summed E-state index contributed by atoms with van der Waals surface area (Å²) in [7, 11) is 0.536. The van der Waals surface area contributed by atoms with Crippen molar-refractivity contribution in [3.8, 4) is 11.5 Å². The molecule has 1 amide bonds. The van der Waals surface area contributed by atoms with Crippen LogP contribution in [0.15, 0.2) is 59.9 Å². The van der Waals surface area contributed by atoms with E-state index >= 15 is 0 Å². The second-order valence-corrected chi connectivity index (χ2v) is 12.6. The van der Waals surface area contributed by atoms with E-state index in [0.717, 1.165) is 3.97 Å². The Kier molecular flexibility index (Phi) is 9.24. The number of methoxy groups -OCH3 is 2. The molecule has 0 fully saturated rings. The van der Waals surface area contributed by atoms with Crippen LogP contribution < -0.4 is 14.8 Å². The van der Waals surface area contributed by atoms with Crippen molar-refractivity contribution in [2.24, 2.45) is 0 Å². The average Bonchev–Trinajstić information content (AvgIpc) is 3.36. The molecular weight excluding hydrogens is 574 g/mol. The quantitative estimate of drug-likeness (QED) is 0.230. The molecule has 0 unspecified atom stereocenters. The fourth-order valence-corrected chi connectivity index (χ4v) is 5.87. The van der Waals surface area contributed by atoms with E-state index in [4.69, 9.17) is 14.2 Å². The van der Waals surface area contributed by atoms with Gasteiger partial charge in [0.2, 0.25) is 0 Å². The number of carbonyl (C=O) groups excluding carboxylic acids is 2. The number of amides is 1. The Bertz CT molecular complexity index is 1730. The highest BCUT2D eigenvalue weighted by atomic mass is 32.2. The third-order valence-electron chi connectivity index (χ3n) is 6.47. The van der Waals surface area contributed by atoms with Gasteiger partial charge < -0.3 is 24.4 Å². The predicted octanol–water partition coefficient (Wildman–Crippen LogP) is 5.04.